The van der Waals surface area contributed by atoms with Gasteiger partial charge in [0.25, 0.3) is 5.91 Å². The van der Waals surface area contributed by atoms with E-state index in [1.54, 1.807) is 29.2 Å². The first-order valence-corrected chi connectivity index (χ1v) is 7.91. The average molecular weight is 329 g/mol. The molecule has 1 aliphatic heterocycles. The van der Waals surface area contributed by atoms with Crippen molar-refractivity contribution >= 4 is 5.91 Å². The van der Waals surface area contributed by atoms with Gasteiger partial charge in [-0.25, -0.2) is 4.39 Å². The number of hydrogen-bond acceptors (Lipinski definition) is 4. The minimum atomic E-state index is -0.288. The molecule has 1 aliphatic rings. The largest absolute Gasteiger partial charge is 0.370 e. The van der Waals surface area contributed by atoms with E-state index in [0.29, 0.717) is 37.5 Å². The summed E-state index contributed by atoms with van der Waals surface area (Å²) in [5.74, 6) is -0.358. The highest BCUT2D eigenvalue weighted by atomic mass is 19.1. The molecule has 2 aromatic rings. The number of amides is 1. The van der Waals surface area contributed by atoms with Crippen molar-refractivity contribution in [2.75, 3.05) is 19.7 Å². The Morgan fingerprint density at radius 2 is 2.08 bits per heavy atom. The second-order valence-corrected chi connectivity index (χ2v) is 5.80. The maximum Gasteiger partial charge on any atom is 0.255 e. The van der Waals surface area contributed by atoms with E-state index in [-0.39, 0.29) is 17.8 Å². The SMILES string of the molecule is Cc1nc(CN)ccc1C(=O)N1CCOC(c2ccc(F)cc2)C1. The Labute approximate surface area is 140 Å². The first-order chi connectivity index (χ1) is 11.6. The number of aryl methyl sites for hydroxylation is 1. The lowest BCUT2D eigenvalue weighted by Crippen LogP contribution is -2.42. The van der Waals surface area contributed by atoms with E-state index in [9.17, 15) is 9.18 Å². The number of rotatable bonds is 3. The van der Waals surface area contributed by atoms with Crippen LogP contribution in [0.4, 0.5) is 4.39 Å². The molecule has 2 N–H and O–H groups in total. The van der Waals surface area contributed by atoms with Gasteiger partial charge in [-0.05, 0) is 36.8 Å². The van der Waals surface area contributed by atoms with Crippen LogP contribution in [0, 0.1) is 12.7 Å². The van der Waals surface area contributed by atoms with Crippen LogP contribution in [0.5, 0.6) is 0 Å². The molecule has 1 aromatic heterocycles. The predicted molar refractivity (Wildman–Crippen MR) is 87.9 cm³/mol. The molecule has 0 spiro atoms. The van der Waals surface area contributed by atoms with E-state index >= 15 is 0 Å². The lowest BCUT2D eigenvalue weighted by atomic mass is 10.1. The summed E-state index contributed by atoms with van der Waals surface area (Å²) in [5, 5.41) is 0. The Kier molecular flexibility index (Phi) is 4.87. The number of nitrogens with two attached hydrogens (primary N) is 1. The zero-order valence-electron chi connectivity index (χ0n) is 13.5. The molecule has 2 heterocycles. The number of morpholine rings is 1. The van der Waals surface area contributed by atoms with Gasteiger partial charge in [0.1, 0.15) is 11.9 Å². The molecule has 6 heteroatoms. The molecule has 1 fully saturated rings. The van der Waals surface area contributed by atoms with Crippen LogP contribution in [0.15, 0.2) is 36.4 Å². The highest BCUT2D eigenvalue weighted by molar-refractivity contribution is 5.95. The van der Waals surface area contributed by atoms with Crippen molar-refractivity contribution in [1.82, 2.24) is 9.88 Å². The van der Waals surface area contributed by atoms with Gasteiger partial charge in [0.2, 0.25) is 0 Å². The van der Waals surface area contributed by atoms with Gasteiger partial charge in [0, 0.05) is 13.1 Å². The van der Waals surface area contributed by atoms with Crippen LogP contribution >= 0.6 is 0 Å². The summed E-state index contributed by atoms with van der Waals surface area (Å²) < 4.78 is 18.8. The third-order valence-electron chi connectivity index (χ3n) is 4.18. The molecular weight excluding hydrogens is 309 g/mol. The van der Waals surface area contributed by atoms with Crippen LogP contribution in [-0.2, 0) is 11.3 Å². The monoisotopic (exact) mass is 329 g/mol. The van der Waals surface area contributed by atoms with Crippen LogP contribution in [-0.4, -0.2) is 35.5 Å². The zero-order chi connectivity index (χ0) is 17.1. The van der Waals surface area contributed by atoms with Crippen LogP contribution < -0.4 is 5.73 Å². The van der Waals surface area contributed by atoms with E-state index in [2.05, 4.69) is 4.98 Å². The Balaban J connectivity index is 1.76. The third kappa shape index (κ3) is 3.44. The molecule has 0 saturated carbocycles. The minimum absolute atomic E-state index is 0.0704. The van der Waals surface area contributed by atoms with Gasteiger partial charge in [-0.2, -0.15) is 0 Å². The van der Waals surface area contributed by atoms with Crippen molar-refractivity contribution < 1.29 is 13.9 Å². The third-order valence-corrected chi connectivity index (χ3v) is 4.18. The van der Waals surface area contributed by atoms with Crippen molar-refractivity contribution in [1.29, 1.82) is 0 Å². The molecule has 3 rings (SSSR count). The van der Waals surface area contributed by atoms with Gasteiger partial charge in [0.05, 0.1) is 30.1 Å². The second kappa shape index (κ2) is 7.07. The fourth-order valence-corrected chi connectivity index (χ4v) is 2.84. The van der Waals surface area contributed by atoms with Gasteiger partial charge in [0.15, 0.2) is 0 Å². The topological polar surface area (TPSA) is 68.5 Å². The van der Waals surface area contributed by atoms with Crippen LogP contribution in [0.1, 0.15) is 33.4 Å². The molecule has 24 heavy (non-hydrogen) atoms. The second-order valence-electron chi connectivity index (χ2n) is 5.80. The van der Waals surface area contributed by atoms with Crippen molar-refractivity contribution in [3.63, 3.8) is 0 Å². The van der Waals surface area contributed by atoms with Gasteiger partial charge in [-0.3, -0.25) is 9.78 Å². The molecule has 1 amide bonds. The normalized spacial score (nSPS) is 17.8. The molecule has 126 valence electrons. The average Bonchev–Trinajstić information content (AvgIpc) is 2.61. The number of pyridine rings is 1. The van der Waals surface area contributed by atoms with Crippen LogP contribution in [0.25, 0.3) is 0 Å². The molecule has 0 aliphatic carbocycles. The highest BCUT2D eigenvalue weighted by Gasteiger charge is 2.27. The van der Waals surface area contributed by atoms with Crippen LogP contribution in [0.3, 0.4) is 0 Å². The molecule has 0 bridgehead atoms. The Morgan fingerprint density at radius 3 is 2.75 bits per heavy atom. The van der Waals surface area contributed by atoms with Crippen molar-refractivity contribution in [2.24, 2.45) is 5.73 Å². The standard InChI is InChI=1S/C18H20FN3O2/c1-12-16(7-6-15(10-20)21-12)18(23)22-8-9-24-17(11-22)13-2-4-14(19)5-3-13/h2-7,17H,8-11,20H2,1H3. The zero-order valence-corrected chi connectivity index (χ0v) is 13.5. The molecule has 1 unspecified atom stereocenters. The first kappa shape index (κ1) is 16.5. The molecular formula is C18H20FN3O2. The van der Waals surface area contributed by atoms with E-state index in [4.69, 9.17) is 10.5 Å². The van der Waals surface area contributed by atoms with E-state index < -0.39 is 0 Å². The summed E-state index contributed by atoms with van der Waals surface area (Å²) in [4.78, 5) is 18.9. The summed E-state index contributed by atoms with van der Waals surface area (Å²) >= 11 is 0. The number of ether oxygens (including phenoxy) is 1. The molecule has 5 nitrogen and oxygen atoms in total. The number of carbonyl (C=O) groups is 1. The summed E-state index contributed by atoms with van der Waals surface area (Å²) in [6.07, 6.45) is -0.250. The lowest BCUT2D eigenvalue weighted by molar-refractivity contribution is -0.0228. The van der Waals surface area contributed by atoms with Crippen molar-refractivity contribution in [2.45, 2.75) is 19.6 Å². The molecule has 1 aromatic carbocycles. The van der Waals surface area contributed by atoms with Crippen molar-refractivity contribution in [3.8, 4) is 0 Å². The quantitative estimate of drug-likeness (QED) is 0.937. The maximum atomic E-state index is 13.1. The molecule has 1 atom stereocenters. The van der Waals surface area contributed by atoms with Gasteiger partial charge in [-0.15, -0.1) is 0 Å². The van der Waals surface area contributed by atoms with E-state index in [0.717, 1.165) is 11.3 Å². The number of halogens is 1. The molecule has 1 saturated heterocycles. The van der Waals surface area contributed by atoms with Gasteiger partial charge in [-0.1, -0.05) is 12.1 Å². The minimum Gasteiger partial charge on any atom is -0.370 e. The number of benzene rings is 1. The number of carbonyl (C=O) groups excluding carboxylic acids is 1. The Morgan fingerprint density at radius 1 is 1.33 bits per heavy atom. The fourth-order valence-electron chi connectivity index (χ4n) is 2.84. The summed E-state index contributed by atoms with van der Waals surface area (Å²) in [6.45, 7) is 3.56. The van der Waals surface area contributed by atoms with Crippen LogP contribution in [0.2, 0.25) is 0 Å². The maximum absolute atomic E-state index is 13.1. The Bertz CT molecular complexity index is 734. The first-order valence-electron chi connectivity index (χ1n) is 7.91. The summed E-state index contributed by atoms with van der Waals surface area (Å²) in [7, 11) is 0. The summed E-state index contributed by atoms with van der Waals surface area (Å²) in [6, 6.07) is 9.74. The number of hydrogen-bond donors (Lipinski definition) is 1. The van der Waals surface area contributed by atoms with Gasteiger partial charge >= 0.3 is 0 Å². The number of aromatic nitrogens is 1. The predicted octanol–water partition coefficient (Wildman–Crippen LogP) is 2.20. The lowest BCUT2D eigenvalue weighted by Gasteiger charge is -2.33. The summed E-state index contributed by atoms with van der Waals surface area (Å²) in [5.41, 5.74) is 8.45. The van der Waals surface area contributed by atoms with Gasteiger partial charge < -0.3 is 15.4 Å². The fraction of sp³-hybridized carbons (Fsp3) is 0.333. The van der Waals surface area contributed by atoms with E-state index in [1.165, 1.54) is 12.1 Å². The van der Waals surface area contributed by atoms with E-state index in [1.807, 2.05) is 6.92 Å². The number of nitrogens with zero attached hydrogens (tertiary/aromatic N) is 2. The smallest absolute Gasteiger partial charge is 0.255 e. The van der Waals surface area contributed by atoms with Crippen molar-refractivity contribution in [3.05, 3.63) is 64.7 Å². The highest BCUT2D eigenvalue weighted by Crippen LogP contribution is 2.24. The Hall–Kier alpha value is -2.31. The molecule has 0 radical (unpaired) electrons.